The van der Waals surface area contributed by atoms with Crippen LogP contribution in [0.25, 0.3) is 0 Å². The molecule has 1 rings (SSSR count). The number of nitrogens with zero attached hydrogens (tertiary/aromatic N) is 1. The van der Waals surface area contributed by atoms with Crippen molar-refractivity contribution in [2.75, 3.05) is 18.8 Å². The van der Waals surface area contributed by atoms with Crippen LogP contribution in [0.4, 0.5) is 0 Å². The summed E-state index contributed by atoms with van der Waals surface area (Å²) in [5.41, 5.74) is 6.68. The molecule has 14 heavy (non-hydrogen) atoms. The van der Waals surface area contributed by atoms with Gasteiger partial charge in [0.1, 0.15) is 0 Å². The van der Waals surface area contributed by atoms with E-state index in [1.807, 2.05) is 24.0 Å². The Hall–Kier alpha value is -0.580. The number of pyridine rings is 1. The van der Waals surface area contributed by atoms with E-state index < -0.39 is 0 Å². The predicted octanol–water partition coefficient (Wildman–Crippen LogP) is 1.38. The summed E-state index contributed by atoms with van der Waals surface area (Å²) in [4.78, 5) is 4.11. The number of aromatic nitrogens is 1. The monoisotopic (exact) mass is 211 g/mol. The summed E-state index contributed by atoms with van der Waals surface area (Å²) in [7, 11) is 0. The Bertz CT molecular complexity index is 240. The fraction of sp³-hybridized carbons (Fsp3) is 0.500. The van der Waals surface area contributed by atoms with Crippen molar-refractivity contribution in [1.82, 2.24) is 10.3 Å². The molecular formula is C10H17N3S. The summed E-state index contributed by atoms with van der Waals surface area (Å²) in [6.07, 6.45) is 3.69. The molecule has 0 aliphatic rings. The lowest BCUT2D eigenvalue weighted by Crippen LogP contribution is -2.25. The number of nitrogens with two attached hydrogens (primary N) is 1. The van der Waals surface area contributed by atoms with Gasteiger partial charge in [-0.3, -0.25) is 4.98 Å². The number of hydrogen-bond donors (Lipinski definition) is 2. The molecule has 0 amide bonds. The van der Waals surface area contributed by atoms with Crippen LogP contribution in [0, 0.1) is 0 Å². The van der Waals surface area contributed by atoms with Crippen LogP contribution in [0.15, 0.2) is 24.5 Å². The fourth-order valence-corrected chi connectivity index (χ4v) is 2.09. The number of thioether (sulfide) groups is 1. The minimum Gasteiger partial charge on any atom is -0.329 e. The first-order chi connectivity index (χ1) is 6.88. The highest BCUT2D eigenvalue weighted by molar-refractivity contribution is 7.99. The van der Waals surface area contributed by atoms with Crippen molar-refractivity contribution in [2.24, 2.45) is 5.73 Å². The number of hydrogen-bond acceptors (Lipinski definition) is 4. The molecule has 1 unspecified atom stereocenters. The average molecular weight is 211 g/mol. The van der Waals surface area contributed by atoms with Crippen molar-refractivity contribution in [3.05, 3.63) is 30.1 Å². The lowest BCUT2D eigenvalue weighted by Gasteiger charge is -2.16. The molecule has 0 aromatic carbocycles. The molecule has 0 saturated heterocycles. The second-order valence-electron chi connectivity index (χ2n) is 2.86. The van der Waals surface area contributed by atoms with Gasteiger partial charge in [0.2, 0.25) is 0 Å². The summed E-state index contributed by atoms with van der Waals surface area (Å²) in [6, 6.07) is 4.05. The second-order valence-corrected chi connectivity index (χ2v) is 4.25. The van der Waals surface area contributed by atoms with Crippen LogP contribution in [-0.4, -0.2) is 23.8 Å². The molecule has 4 heteroatoms. The Kier molecular flexibility index (Phi) is 5.59. The third kappa shape index (κ3) is 3.65. The topological polar surface area (TPSA) is 50.9 Å². The maximum Gasteiger partial charge on any atom is 0.0804 e. The summed E-state index contributed by atoms with van der Waals surface area (Å²) in [5.74, 6) is 1.08. The van der Waals surface area contributed by atoms with Gasteiger partial charge in [-0.15, -0.1) is 11.8 Å². The quantitative estimate of drug-likeness (QED) is 0.698. The molecule has 0 spiro atoms. The van der Waals surface area contributed by atoms with Gasteiger partial charge in [0, 0.05) is 25.5 Å². The highest BCUT2D eigenvalue weighted by Crippen LogP contribution is 2.24. The molecule has 0 bridgehead atoms. The van der Waals surface area contributed by atoms with Crippen molar-refractivity contribution in [3.63, 3.8) is 0 Å². The maximum absolute atomic E-state index is 5.46. The van der Waals surface area contributed by atoms with Gasteiger partial charge < -0.3 is 11.1 Å². The summed E-state index contributed by atoms with van der Waals surface area (Å²) in [5, 5.41) is 3.70. The highest BCUT2D eigenvalue weighted by Gasteiger charge is 2.08. The van der Waals surface area contributed by atoms with Crippen LogP contribution < -0.4 is 11.1 Å². The third-order valence-electron chi connectivity index (χ3n) is 1.79. The first kappa shape index (κ1) is 11.5. The molecule has 0 aliphatic carbocycles. The number of rotatable bonds is 6. The van der Waals surface area contributed by atoms with Crippen molar-refractivity contribution in [1.29, 1.82) is 0 Å². The Labute approximate surface area is 89.5 Å². The lowest BCUT2D eigenvalue weighted by atomic mass is 10.3. The van der Waals surface area contributed by atoms with Gasteiger partial charge in [-0.25, -0.2) is 0 Å². The van der Waals surface area contributed by atoms with E-state index in [2.05, 4.69) is 23.3 Å². The van der Waals surface area contributed by atoms with Crippen molar-refractivity contribution in [2.45, 2.75) is 12.3 Å². The SMILES string of the molecule is CCSC(NCCN)c1cccnc1. The van der Waals surface area contributed by atoms with Crippen LogP contribution in [-0.2, 0) is 0 Å². The first-order valence-electron chi connectivity index (χ1n) is 4.83. The predicted molar refractivity (Wildman–Crippen MR) is 62.2 cm³/mol. The van der Waals surface area contributed by atoms with Crippen molar-refractivity contribution in [3.8, 4) is 0 Å². The fourth-order valence-electron chi connectivity index (χ4n) is 1.19. The number of nitrogens with one attached hydrogen (secondary N) is 1. The van der Waals surface area contributed by atoms with E-state index in [1.165, 1.54) is 5.56 Å². The van der Waals surface area contributed by atoms with E-state index in [4.69, 9.17) is 5.73 Å². The first-order valence-corrected chi connectivity index (χ1v) is 5.88. The van der Waals surface area contributed by atoms with E-state index in [1.54, 1.807) is 6.20 Å². The molecule has 3 N–H and O–H groups in total. The van der Waals surface area contributed by atoms with Gasteiger partial charge >= 0.3 is 0 Å². The molecule has 0 radical (unpaired) electrons. The van der Waals surface area contributed by atoms with E-state index in [9.17, 15) is 0 Å². The van der Waals surface area contributed by atoms with Crippen LogP contribution in [0.5, 0.6) is 0 Å². The minimum atomic E-state index is 0.317. The van der Waals surface area contributed by atoms with Gasteiger partial charge in [-0.2, -0.15) is 0 Å². The third-order valence-corrected chi connectivity index (χ3v) is 2.90. The second kappa shape index (κ2) is 6.81. The molecule has 1 aromatic heterocycles. The van der Waals surface area contributed by atoms with Crippen molar-refractivity contribution < 1.29 is 0 Å². The minimum absolute atomic E-state index is 0.317. The molecule has 0 fully saturated rings. The Morgan fingerprint density at radius 2 is 2.50 bits per heavy atom. The normalized spacial score (nSPS) is 12.7. The van der Waals surface area contributed by atoms with Crippen LogP contribution in [0.1, 0.15) is 17.9 Å². The molecule has 0 saturated carbocycles. The summed E-state index contributed by atoms with van der Waals surface area (Å²) >= 11 is 1.86. The van der Waals surface area contributed by atoms with E-state index in [0.717, 1.165) is 12.3 Å². The Morgan fingerprint density at radius 3 is 3.07 bits per heavy atom. The lowest BCUT2D eigenvalue weighted by molar-refractivity contribution is 0.679. The summed E-state index contributed by atoms with van der Waals surface area (Å²) < 4.78 is 0. The molecule has 78 valence electrons. The zero-order valence-corrected chi connectivity index (χ0v) is 9.26. The Balaban J connectivity index is 2.58. The van der Waals surface area contributed by atoms with Crippen LogP contribution >= 0.6 is 11.8 Å². The van der Waals surface area contributed by atoms with E-state index >= 15 is 0 Å². The zero-order chi connectivity index (χ0) is 10.2. The average Bonchev–Trinajstić information content (AvgIpc) is 2.25. The highest BCUT2D eigenvalue weighted by atomic mass is 32.2. The van der Waals surface area contributed by atoms with Crippen LogP contribution in [0.3, 0.4) is 0 Å². The Morgan fingerprint density at radius 1 is 1.64 bits per heavy atom. The largest absolute Gasteiger partial charge is 0.329 e. The van der Waals surface area contributed by atoms with E-state index in [-0.39, 0.29) is 0 Å². The zero-order valence-electron chi connectivity index (χ0n) is 8.44. The van der Waals surface area contributed by atoms with Gasteiger partial charge in [0.15, 0.2) is 0 Å². The summed E-state index contributed by atoms with van der Waals surface area (Å²) in [6.45, 7) is 3.66. The molecule has 1 heterocycles. The molecule has 3 nitrogen and oxygen atoms in total. The van der Waals surface area contributed by atoms with Crippen LogP contribution in [0.2, 0.25) is 0 Å². The molecule has 0 aliphatic heterocycles. The van der Waals surface area contributed by atoms with Gasteiger partial charge in [-0.1, -0.05) is 13.0 Å². The van der Waals surface area contributed by atoms with E-state index in [0.29, 0.717) is 11.9 Å². The van der Waals surface area contributed by atoms with Gasteiger partial charge in [-0.05, 0) is 17.4 Å². The molecular weight excluding hydrogens is 194 g/mol. The smallest absolute Gasteiger partial charge is 0.0804 e. The standard InChI is InChI=1S/C10H17N3S/c1-2-14-10(13-7-5-11)9-4-3-6-12-8-9/h3-4,6,8,10,13H,2,5,7,11H2,1H3. The maximum atomic E-state index is 5.46. The van der Waals surface area contributed by atoms with Gasteiger partial charge in [0.05, 0.1) is 5.37 Å². The molecule has 1 atom stereocenters. The van der Waals surface area contributed by atoms with Gasteiger partial charge in [0.25, 0.3) is 0 Å². The van der Waals surface area contributed by atoms with Crippen molar-refractivity contribution >= 4 is 11.8 Å². The molecule has 1 aromatic rings.